The second-order valence-electron chi connectivity index (χ2n) is 2.37. The van der Waals surface area contributed by atoms with Gasteiger partial charge in [-0.2, -0.15) is 17.6 Å². The van der Waals surface area contributed by atoms with E-state index in [0.717, 1.165) is 0 Å². The number of rotatable bonds is 1. The third-order valence-corrected chi connectivity index (χ3v) is 1.34. The van der Waals surface area contributed by atoms with Gasteiger partial charge in [-0.25, -0.2) is 9.78 Å². The van der Waals surface area contributed by atoms with Crippen LogP contribution in [0.4, 0.5) is 17.6 Å². The van der Waals surface area contributed by atoms with E-state index >= 15 is 0 Å². The van der Waals surface area contributed by atoms with E-state index in [2.05, 4.69) is 4.98 Å². The molecule has 0 aliphatic rings. The van der Waals surface area contributed by atoms with E-state index in [4.69, 9.17) is 5.11 Å². The van der Waals surface area contributed by atoms with Crippen molar-refractivity contribution in [1.29, 1.82) is 0 Å². The highest BCUT2D eigenvalue weighted by molar-refractivity contribution is 5.85. The van der Waals surface area contributed by atoms with Gasteiger partial charge in [-0.15, -0.1) is 0 Å². The molecule has 3 nitrogen and oxygen atoms in total. The Bertz CT molecular complexity index is 374. The van der Waals surface area contributed by atoms with E-state index < -0.39 is 29.4 Å². The Hall–Kier alpha value is -1.66. The van der Waals surface area contributed by atoms with Gasteiger partial charge in [-0.3, -0.25) is 0 Å². The number of hydrogen-bond donors (Lipinski definition) is 1. The van der Waals surface area contributed by atoms with Gasteiger partial charge in [0.2, 0.25) is 5.95 Å². The van der Waals surface area contributed by atoms with Gasteiger partial charge in [0.25, 0.3) is 0 Å². The lowest BCUT2D eigenvalue weighted by Gasteiger charge is -2.06. The molecule has 0 radical (unpaired) electrons. The molecule has 0 atom stereocenters. The summed E-state index contributed by atoms with van der Waals surface area (Å²) in [6.07, 6.45) is -4.78. The minimum atomic E-state index is -4.78. The number of aromatic nitrogens is 1. The van der Waals surface area contributed by atoms with E-state index in [-0.39, 0.29) is 12.1 Å². The molecular weight excluding hydrogens is 206 g/mol. The molecule has 0 unspecified atom stereocenters. The zero-order chi connectivity index (χ0) is 10.9. The van der Waals surface area contributed by atoms with Crippen molar-refractivity contribution in [2.45, 2.75) is 6.18 Å². The standard InChI is InChI=1S/C7H3F4NO2/c8-5-2-3(7(9,10)11)1-4(12-5)6(13)14/h1-2H,(H,13,14). The van der Waals surface area contributed by atoms with Crippen LogP contribution in [0.15, 0.2) is 12.1 Å². The third-order valence-electron chi connectivity index (χ3n) is 1.34. The average molecular weight is 209 g/mol. The number of carboxylic acids is 1. The van der Waals surface area contributed by atoms with E-state index in [1.165, 1.54) is 0 Å². The summed E-state index contributed by atoms with van der Waals surface area (Å²) in [6.45, 7) is 0. The van der Waals surface area contributed by atoms with Crippen LogP contribution in [0.1, 0.15) is 16.1 Å². The molecule has 0 aliphatic heterocycles. The maximum absolute atomic E-state index is 12.4. The maximum atomic E-state index is 12.4. The fourth-order valence-corrected chi connectivity index (χ4v) is 0.770. The number of carboxylic acid groups (broad SMARTS) is 1. The number of halogens is 4. The molecule has 0 saturated carbocycles. The molecule has 1 N–H and O–H groups in total. The summed E-state index contributed by atoms with van der Waals surface area (Å²) in [5.41, 5.74) is -2.35. The van der Waals surface area contributed by atoms with Crippen molar-refractivity contribution in [3.05, 3.63) is 29.3 Å². The first-order valence-electron chi connectivity index (χ1n) is 3.29. The van der Waals surface area contributed by atoms with Crippen LogP contribution in [0.2, 0.25) is 0 Å². The molecule has 0 aliphatic carbocycles. The van der Waals surface area contributed by atoms with Crippen molar-refractivity contribution in [3.8, 4) is 0 Å². The summed E-state index contributed by atoms with van der Waals surface area (Å²) in [5.74, 6) is -3.19. The van der Waals surface area contributed by atoms with Crippen LogP contribution in [0.3, 0.4) is 0 Å². The van der Waals surface area contributed by atoms with Crippen LogP contribution in [-0.2, 0) is 6.18 Å². The minimum absolute atomic E-state index is 0.131. The van der Waals surface area contributed by atoms with Gasteiger partial charge in [0, 0.05) is 6.07 Å². The fourth-order valence-electron chi connectivity index (χ4n) is 0.770. The van der Waals surface area contributed by atoms with Crippen molar-refractivity contribution in [3.63, 3.8) is 0 Å². The molecular formula is C7H3F4NO2. The molecule has 7 heteroatoms. The molecule has 0 bridgehead atoms. The first-order chi connectivity index (χ1) is 6.30. The molecule has 1 aromatic rings. The minimum Gasteiger partial charge on any atom is -0.477 e. The summed E-state index contributed by atoms with van der Waals surface area (Å²) in [6, 6.07) is 0.401. The summed E-state index contributed by atoms with van der Waals surface area (Å²) in [5, 5.41) is 8.30. The molecule has 1 heterocycles. The van der Waals surface area contributed by atoms with Crippen LogP contribution in [0.25, 0.3) is 0 Å². The largest absolute Gasteiger partial charge is 0.477 e. The molecule has 1 rings (SSSR count). The Labute approximate surface area is 75.0 Å². The van der Waals surface area contributed by atoms with E-state index in [0.29, 0.717) is 0 Å². The van der Waals surface area contributed by atoms with Crippen molar-refractivity contribution >= 4 is 5.97 Å². The highest BCUT2D eigenvalue weighted by atomic mass is 19.4. The predicted molar refractivity (Wildman–Crippen MR) is 36.2 cm³/mol. The lowest BCUT2D eigenvalue weighted by molar-refractivity contribution is -0.137. The van der Waals surface area contributed by atoms with E-state index in [9.17, 15) is 22.4 Å². The van der Waals surface area contributed by atoms with Crippen molar-refractivity contribution in [1.82, 2.24) is 4.98 Å². The number of carbonyl (C=O) groups is 1. The van der Waals surface area contributed by atoms with Crippen LogP contribution in [0, 0.1) is 5.95 Å². The van der Waals surface area contributed by atoms with Crippen molar-refractivity contribution in [2.75, 3.05) is 0 Å². The van der Waals surface area contributed by atoms with Crippen LogP contribution in [-0.4, -0.2) is 16.1 Å². The Morgan fingerprint density at radius 1 is 1.36 bits per heavy atom. The van der Waals surface area contributed by atoms with Crippen molar-refractivity contribution < 1.29 is 27.5 Å². The summed E-state index contributed by atoms with van der Waals surface area (Å²) in [4.78, 5) is 13.0. The second-order valence-corrected chi connectivity index (χ2v) is 2.37. The maximum Gasteiger partial charge on any atom is 0.416 e. The van der Waals surface area contributed by atoms with Gasteiger partial charge in [-0.05, 0) is 6.07 Å². The van der Waals surface area contributed by atoms with Crippen LogP contribution in [0.5, 0.6) is 0 Å². The molecule has 0 aromatic carbocycles. The molecule has 0 saturated heterocycles. The molecule has 14 heavy (non-hydrogen) atoms. The molecule has 0 amide bonds. The first kappa shape index (κ1) is 10.4. The summed E-state index contributed by atoms with van der Waals surface area (Å²) < 4.78 is 48.5. The molecule has 76 valence electrons. The lowest BCUT2D eigenvalue weighted by atomic mass is 10.2. The average Bonchev–Trinajstić information content (AvgIpc) is 2.01. The topological polar surface area (TPSA) is 50.2 Å². The molecule has 0 spiro atoms. The zero-order valence-corrected chi connectivity index (χ0v) is 6.47. The Kier molecular flexibility index (Phi) is 2.41. The highest BCUT2D eigenvalue weighted by Gasteiger charge is 2.32. The number of hydrogen-bond acceptors (Lipinski definition) is 2. The van der Waals surface area contributed by atoms with Crippen LogP contribution < -0.4 is 0 Å². The zero-order valence-electron chi connectivity index (χ0n) is 6.47. The number of alkyl halides is 3. The summed E-state index contributed by atoms with van der Waals surface area (Å²) in [7, 11) is 0. The predicted octanol–water partition coefficient (Wildman–Crippen LogP) is 1.94. The smallest absolute Gasteiger partial charge is 0.416 e. The highest BCUT2D eigenvalue weighted by Crippen LogP contribution is 2.29. The fraction of sp³-hybridized carbons (Fsp3) is 0.143. The second kappa shape index (κ2) is 3.24. The van der Waals surface area contributed by atoms with Gasteiger partial charge in [-0.1, -0.05) is 0 Å². The van der Waals surface area contributed by atoms with Crippen LogP contribution >= 0.6 is 0 Å². The number of aromatic carboxylic acids is 1. The van der Waals surface area contributed by atoms with Gasteiger partial charge < -0.3 is 5.11 Å². The number of nitrogens with zero attached hydrogens (tertiary/aromatic N) is 1. The van der Waals surface area contributed by atoms with Gasteiger partial charge >= 0.3 is 12.1 Å². The number of pyridine rings is 1. The SMILES string of the molecule is O=C(O)c1cc(C(F)(F)F)cc(F)n1. The molecule has 1 aromatic heterocycles. The molecule has 0 fully saturated rings. The quantitative estimate of drug-likeness (QED) is 0.567. The van der Waals surface area contributed by atoms with E-state index in [1.54, 1.807) is 0 Å². The Morgan fingerprint density at radius 2 is 1.93 bits per heavy atom. The van der Waals surface area contributed by atoms with Gasteiger partial charge in [0.05, 0.1) is 5.56 Å². The Morgan fingerprint density at radius 3 is 2.36 bits per heavy atom. The van der Waals surface area contributed by atoms with E-state index in [1.807, 2.05) is 0 Å². The van der Waals surface area contributed by atoms with Crippen molar-refractivity contribution in [2.24, 2.45) is 0 Å². The first-order valence-corrected chi connectivity index (χ1v) is 3.29. The Balaban J connectivity index is 3.28. The normalized spacial score (nSPS) is 11.4. The third kappa shape index (κ3) is 2.18. The van der Waals surface area contributed by atoms with Gasteiger partial charge in [0.15, 0.2) is 5.69 Å². The monoisotopic (exact) mass is 209 g/mol. The summed E-state index contributed by atoms with van der Waals surface area (Å²) >= 11 is 0. The van der Waals surface area contributed by atoms with Gasteiger partial charge in [0.1, 0.15) is 0 Å². The lowest BCUT2D eigenvalue weighted by Crippen LogP contribution is -2.10.